The number of carbonyl (C=O) groups is 1. The fourth-order valence-electron chi connectivity index (χ4n) is 6.82. The molecule has 238 valence electrons. The highest BCUT2D eigenvalue weighted by molar-refractivity contribution is 5.94. The van der Waals surface area contributed by atoms with Crippen molar-refractivity contribution >= 4 is 22.9 Å². The maximum atomic E-state index is 13.4. The predicted octanol–water partition coefficient (Wildman–Crippen LogP) is 6.00. The molecule has 0 bridgehead atoms. The average molecular weight is 620 g/mol. The highest BCUT2D eigenvalue weighted by Gasteiger charge is 2.41. The molecule has 45 heavy (non-hydrogen) atoms. The van der Waals surface area contributed by atoms with Crippen molar-refractivity contribution in [2.75, 3.05) is 63.9 Å². The van der Waals surface area contributed by atoms with Crippen LogP contribution < -0.4 is 4.90 Å². The molecule has 7 nitrogen and oxygen atoms in total. The number of rotatable bonds is 10. The SMILES string of the molecule is O=C(c1ccccc1)N1CCC(CCN2CCCN(c3nc4ccccc4n3CCOCC(F)(F)F)CC2)(c2ccccc2)C1. The molecule has 1 unspecified atom stereocenters. The van der Waals surface area contributed by atoms with Gasteiger partial charge in [0, 0.05) is 50.2 Å². The lowest BCUT2D eigenvalue weighted by atomic mass is 9.76. The molecule has 0 radical (unpaired) electrons. The summed E-state index contributed by atoms with van der Waals surface area (Å²) in [6.45, 7) is 4.73. The topological polar surface area (TPSA) is 53.8 Å². The number of anilines is 1. The molecule has 2 fully saturated rings. The summed E-state index contributed by atoms with van der Waals surface area (Å²) in [7, 11) is 0. The van der Waals surface area contributed by atoms with Gasteiger partial charge in [-0.05, 0) is 62.2 Å². The number of likely N-dealkylation sites (tertiary alicyclic amines) is 1. The van der Waals surface area contributed by atoms with Gasteiger partial charge in [-0.3, -0.25) is 4.79 Å². The maximum Gasteiger partial charge on any atom is 0.411 e. The van der Waals surface area contributed by atoms with Gasteiger partial charge in [-0.25, -0.2) is 4.98 Å². The lowest BCUT2D eigenvalue weighted by Crippen LogP contribution is -2.39. The van der Waals surface area contributed by atoms with Gasteiger partial charge in [-0.1, -0.05) is 60.7 Å². The molecule has 2 saturated heterocycles. The Kier molecular flexibility index (Phi) is 9.42. The molecule has 1 atom stereocenters. The van der Waals surface area contributed by atoms with Crippen molar-refractivity contribution in [1.29, 1.82) is 0 Å². The molecule has 3 heterocycles. The van der Waals surface area contributed by atoms with Gasteiger partial charge >= 0.3 is 6.18 Å². The molecule has 1 aromatic heterocycles. The van der Waals surface area contributed by atoms with Crippen molar-refractivity contribution in [3.63, 3.8) is 0 Å². The number of para-hydroxylation sites is 2. The quantitative estimate of drug-likeness (QED) is 0.204. The van der Waals surface area contributed by atoms with Gasteiger partial charge in [0.1, 0.15) is 6.61 Å². The molecule has 6 rings (SSSR count). The fourth-order valence-corrected chi connectivity index (χ4v) is 6.82. The Hall–Kier alpha value is -3.89. The van der Waals surface area contributed by atoms with Crippen molar-refractivity contribution in [3.8, 4) is 0 Å². The molecule has 1 amide bonds. The third-order valence-electron chi connectivity index (χ3n) is 9.19. The molecule has 0 spiro atoms. The van der Waals surface area contributed by atoms with E-state index in [2.05, 4.69) is 34.1 Å². The molecule has 4 aromatic rings. The second-order valence-electron chi connectivity index (χ2n) is 12.1. The Morgan fingerprint density at radius 2 is 1.58 bits per heavy atom. The second-order valence-corrected chi connectivity index (χ2v) is 12.1. The summed E-state index contributed by atoms with van der Waals surface area (Å²) >= 11 is 0. The van der Waals surface area contributed by atoms with Crippen LogP contribution in [0.3, 0.4) is 0 Å². The number of fused-ring (bicyclic) bond motifs is 1. The van der Waals surface area contributed by atoms with E-state index in [0.29, 0.717) is 13.1 Å². The van der Waals surface area contributed by atoms with E-state index >= 15 is 0 Å². The molecule has 0 N–H and O–H groups in total. The van der Waals surface area contributed by atoms with Crippen molar-refractivity contribution in [3.05, 3.63) is 96.1 Å². The zero-order valence-electron chi connectivity index (χ0n) is 25.5. The van der Waals surface area contributed by atoms with Crippen molar-refractivity contribution in [2.24, 2.45) is 0 Å². The van der Waals surface area contributed by atoms with E-state index in [1.54, 1.807) is 0 Å². The lowest BCUT2D eigenvalue weighted by molar-refractivity contribution is -0.174. The zero-order valence-corrected chi connectivity index (χ0v) is 25.5. The lowest BCUT2D eigenvalue weighted by Gasteiger charge is -2.33. The monoisotopic (exact) mass is 619 g/mol. The highest BCUT2D eigenvalue weighted by Crippen LogP contribution is 2.39. The third kappa shape index (κ3) is 7.34. The highest BCUT2D eigenvalue weighted by atomic mass is 19.4. The van der Waals surface area contributed by atoms with Crippen molar-refractivity contribution in [1.82, 2.24) is 19.4 Å². The Bertz CT molecular complexity index is 1560. The molecule has 2 aliphatic heterocycles. The van der Waals surface area contributed by atoms with Gasteiger partial charge in [0.05, 0.1) is 17.6 Å². The summed E-state index contributed by atoms with van der Waals surface area (Å²) in [6, 6.07) is 27.9. The first-order valence-corrected chi connectivity index (χ1v) is 15.8. The van der Waals surface area contributed by atoms with Crippen LogP contribution in [0.5, 0.6) is 0 Å². The maximum absolute atomic E-state index is 13.4. The van der Waals surface area contributed by atoms with Crippen LogP contribution in [-0.4, -0.2) is 90.5 Å². The number of alkyl halides is 3. The van der Waals surface area contributed by atoms with Crippen molar-refractivity contribution < 1.29 is 22.7 Å². The number of hydrogen-bond acceptors (Lipinski definition) is 5. The second kappa shape index (κ2) is 13.6. The van der Waals surface area contributed by atoms with Crippen LogP contribution in [0.15, 0.2) is 84.9 Å². The van der Waals surface area contributed by atoms with E-state index < -0.39 is 12.8 Å². The smallest absolute Gasteiger partial charge is 0.370 e. The number of amides is 1. The third-order valence-corrected chi connectivity index (χ3v) is 9.19. The van der Waals surface area contributed by atoms with Crippen LogP contribution in [0.1, 0.15) is 35.2 Å². The normalized spacial score (nSPS) is 19.7. The molecule has 0 aliphatic carbocycles. The van der Waals surface area contributed by atoms with Gasteiger partial charge in [0.15, 0.2) is 0 Å². The number of imidazole rings is 1. The van der Waals surface area contributed by atoms with Gasteiger partial charge < -0.3 is 24.0 Å². The molecule has 2 aliphatic rings. The van der Waals surface area contributed by atoms with Gasteiger partial charge in [-0.15, -0.1) is 0 Å². The molecular weight excluding hydrogens is 579 g/mol. The van der Waals surface area contributed by atoms with Crippen LogP contribution in [0, 0.1) is 0 Å². The zero-order chi connectivity index (χ0) is 31.3. The minimum absolute atomic E-state index is 0.0435. The van der Waals surface area contributed by atoms with E-state index in [-0.39, 0.29) is 17.9 Å². The Labute approximate surface area is 262 Å². The first-order valence-electron chi connectivity index (χ1n) is 15.8. The summed E-state index contributed by atoms with van der Waals surface area (Å²) in [6.07, 6.45) is -1.52. The molecule has 10 heteroatoms. The van der Waals surface area contributed by atoms with Gasteiger partial charge in [-0.2, -0.15) is 13.2 Å². The number of halogens is 3. The van der Waals surface area contributed by atoms with Gasteiger partial charge in [0.25, 0.3) is 5.91 Å². The van der Waals surface area contributed by atoms with Crippen LogP contribution in [0.2, 0.25) is 0 Å². The summed E-state index contributed by atoms with van der Waals surface area (Å²) in [5.74, 6) is 0.866. The first-order chi connectivity index (χ1) is 21.8. The summed E-state index contributed by atoms with van der Waals surface area (Å²) in [5.41, 5.74) is 3.62. The van der Waals surface area contributed by atoms with E-state index in [0.717, 1.165) is 81.1 Å². The van der Waals surface area contributed by atoms with E-state index in [1.165, 1.54) is 5.56 Å². The van der Waals surface area contributed by atoms with E-state index in [1.807, 2.05) is 70.1 Å². The number of aromatic nitrogens is 2. The van der Waals surface area contributed by atoms with Crippen LogP contribution in [0.4, 0.5) is 19.1 Å². The number of ether oxygens (including phenoxy) is 1. The standard InChI is InChI=1S/C35H40F3N5O2/c36-35(37,38)27-45-25-24-43-31-15-8-7-14-30(31)39-33(43)41-19-9-18-40(22-23-41)20-16-34(29-12-5-2-6-13-29)17-21-42(26-34)32(44)28-10-3-1-4-11-28/h1-8,10-15H,9,16-27H2. The van der Waals surface area contributed by atoms with Gasteiger partial charge in [0.2, 0.25) is 5.95 Å². The summed E-state index contributed by atoms with van der Waals surface area (Å²) in [5, 5.41) is 0. The number of hydrogen-bond donors (Lipinski definition) is 0. The molecule has 3 aromatic carbocycles. The Morgan fingerprint density at radius 1 is 0.844 bits per heavy atom. The van der Waals surface area contributed by atoms with E-state index in [9.17, 15) is 18.0 Å². The van der Waals surface area contributed by atoms with Crippen LogP contribution in [-0.2, 0) is 16.7 Å². The first kappa shape index (κ1) is 31.1. The summed E-state index contributed by atoms with van der Waals surface area (Å²) in [4.78, 5) is 25.0. The number of nitrogens with zero attached hydrogens (tertiary/aromatic N) is 5. The minimum Gasteiger partial charge on any atom is -0.370 e. The summed E-state index contributed by atoms with van der Waals surface area (Å²) < 4.78 is 44.9. The fraction of sp³-hybridized carbons (Fsp3) is 0.429. The Balaban J connectivity index is 1.13. The average Bonchev–Trinajstić information content (AvgIpc) is 3.57. The van der Waals surface area contributed by atoms with Crippen molar-refractivity contribution in [2.45, 2.75) is 37.4 Å². The largest absolute Gasteiger partial charge is 0.411 e. The molecule has 0 saturated carbocycles. The number of carbonyl (C=O) groups excluding carboxylic acids is 1. The van der Waals surface area contributed by atoms with Crippen LogP contribution >= 0.6 is 0 Å². The predicted molar refractivity (Wildman–Crippen MR) is 170 cm³/mol. The van der Waals surface area contributed by atoms with Crippen LogP contribution in [0.25, 0.3) is 11.0 Å². The Morgan fingerprint density at radius 3 is 2.36 bits per heavy atom. The number of benzene rings is 3. The molecular formula is C35H40F3N5O2. The van der Waals surface area contributed by atoms with E-state index in [4.69, 9.17) is 9.72 Å². The minimum atomic E-state index is -4.35.